The Morgan fingerprint density at radius 1 is 1.38 bits per heavy atom. The van der Waals surface area contributed by atoms with Crippen LogP contribution in [-0.2, 0) is 4.79 Å². The zero-order valence-electron chi connectivity index (χ0n) is 16.1. The molecule has 0 aliphatic heterocycles. The molecule has 0 spiro atoms. The molecule has 3 aliphatic carbocycles. The summed E-state index contributed by atoms with van der Waals surface area (Å²) in [5, 5.41) is 10.00. The quantitative estimate of drug-likeness (QED) is 0.690. The van der Waals surface area contributed by atoms with Gasteiger partial charge in [-0.15, -0.1) is 0 Å². The molecule has 1 N–H and O–H groups in total. The molecule has 2 heteroatoms. The van der Waals surface area contributed by atoms with E-state index in [0.717, 1.165) is 38.5 Å². The van der Waals surface area contributed by atoms with Crippen LogP contribution in [0.1, 0.15) is 79.6 Å². The van der Waals surface area contributed by atoms with Gasteiger partial charge in [-0.25, -0.2) is 0 Å². The van der Waals surface area contributed by atoms with Gasteiger partial charge >= 0.3 is 5.97 Å². The normalized spacial score (nSPS) is 39.3. The van der Waals surface area contributed by atoms with Crippen molar-refractivity contribution < 1.29 is 9.90 Å². The highest BCUT2D eigenvalue weighted by atomic mass is 16.4. The van der Waals surface area contributed by atoms with Crippen LogP contribution in [0, 0.1) is 28.6 Å². The van der Waals surface area contributed by atoms with E-state index < -0.39 is 11.4 Å². The molecule has 3 rings (SSSR count). The second kappa shape index (κ2) is 6.04. The Hall–Kier alpha value is -1.05. The van der Waals surface area contributed by atoms with Crippen molar-refractivity contribution in [3.05, 3.63) is 22.8 Å². The fraction of sp³-hybridized carbons (Fsp3) is 0.773. The highest BCUT2D eigenvalue weighted by Crippen LogP contribution is 2.64. The van der Waals surface area contributed by atoms with Gasteiger partial charge in [0.15, 0.2) is 0 Å². The van der Waals surface area contributed by atoms with E-state index in [1.165, 1.54) is 6.42 Å². The average Bonchev–Trinajstić information content (AvgIpc) is 2.53. The van der Waals surface area contributed by atoms with Gasteiger partial charge in [-0.3, -0.25) is 4.79 Å². The first-order valence-corrected chi connectivity index (χ1v) is 9.93. The summed E-state index contributed by atoms with van der Waals surface area (Å²) in [6.07, 6.45) is 9.94. The molecule has 2 nitrogen and oxygen atoms in total. The number of hydrogen-bond donors (Lipinski definition) is 1. The van der Waals surface area contributed by atoms with Gasteiger partial charge in [-0.05, 0) is 74.2 Å². The fourth-order valence-electron chi connectivity index (χ4n) is 6.37. The van der Waals surface area contributed by atoms with Crippen molar-refractivity contribution >= 4 is 5.97 Å². The number of fused-ring (bicyclic) bond motifs is 2. The molecule has 0 saturated heterocycles. The summed E-state index contributed by atoms with van der Waals surface area (Å²) in [5.41, 5.74) is 4.36. The molecule has 0 radical (unpaired) electrons. The summed E-state index contributed by atoms with van der Waals surface area (Å²) in [4.78, 5) is 12.1. The van der Waals surface area contributed by atoms with Crippen molar-refractivity contribution in [3.8, 4) is 0 Å². The first-order valence-electron chi connectivity index (χ1n) is 9.93. The zero-order chi connectivity index (χ0) is 17.7. The second-order valence-electron chi connectivity index (χ2n) is 9.10. The molecule has 0 aromatic heterocycles. The Kier molecular flexibility index (Phi) is 4.47. The minimum absolute atomic E-state index is 0.122. The van der Waals surface area contributed by atoms with E-state index in [0.29, 0.717) is 17.8 Å². The summed E-state index contributed by atoms with van der Waals surface area (Å²) in [6, 6.07) is 0. The topological polar surface area (TPSA) is 37.3 Å². The predicted octanol–water partition coefficient (Wildman–Crippen LogP) is 5.99. The Bertz CT molecular complexity index is 597. The fourth-order valence-corrected chi connectivity index (χ4v) is 6.37. The molecule has 1 fully saturated rings. The van der Waals surface area contributed by atoms with Crippen LogP contribution in [0.25, 0.3) is 0 Å². The lowest BCUT2D eigenvalue weighted by molar-refractivity contribution is -0.160. The van der Waals surface area contributed by atoms with Crippen LogP contribution < -0.4 is 0 Å². The smallest absolute Gasteiger partial charge is 0.309 e. The summed E-state index contributed by atoms with van der Waals surface area (Å²) in [5.74, 6) is 0.918. The number of allylic oxidation sites excluding steroid dienone is 4. The third kappa shape index (κ3) is 2.40. The molecule has 4 unspecified atom stereocenters. The molecule has 1 saturated carbocycles. The molecule has 24 heavy (non-hydrogen) atoms. The highest BCUT2D eigenvalue weighted by Gasteiger charge is 2.57. The third-order valence-electron chi connectivity index (χ3n) is 7.60. The van der Waals surface area contributed by atoms with Gasteiger partial charge in [0, 0.05) is 0 Å². The summed E-state index contributed by atoms with van der Waals surface area (Å²) in [7, 11) is 0. The maximum Gasteiger partial charge on any atom is 0.309 e. The molecule has 4 atom stereocenters. The Morgan fingerprint density at radius 2 is 2.08 bits per heavy atom. The minimum Gasteiger partial charge on any atom is -0.481 e. The maximum atomic E-state index is 12.1. The van der Waals surface area contributed by atoms with Crippen LogP contribution in [0.2, 0.25) is 0 Å². The predicted molar refractivity (Wildman–Crippen MR) is 98.8 cm³/mol. The maximum absolute atomic E-state index is 12.1. The molecule has 0 bridgehead atoms. The van der Waals surface area contributed by atoms with Crippen LogP contribution in [0.4, 0.5) is 0 Å². The van der Waals surface area contributed by atoms with E-state index in [-0.39, 0.29) is 5.41 Å². The van der Waals surface area contributed by atoms with Crippen molar-refractivity contribution in [1.82, 2.24) is 0 Å². The largest absolute Gasteiger partial charge is 0.481 e. The van der Waals surface area contributed by atoms with Crippen molar-refractivity contribution in [2.75, 3.05) is 0 Å². The van der Waals surface area contributed by atoms with Crippen molar-refractivity contribution in [3.63, 3.8) is 0 Å². The lowest BCUT2D eigenvalue weighted by atomic mass is 9.46. The first kappa shape index (κ1) is 17.8. The lowest BCUT2D eigenvalue weighted by Crippen LogP contribution is -2.52. The van der Waals surface area contributed by atoms with Gasteiger partial charge in [0.25, 0.3) is 0 Å². The molecule has 0 amide bonds. The monoisotopic (exact) mass is 330 g/mol. The standard InChI is InChI=1S/C22H34O2/c1-6-22-11-7-10-21(5,20(23)24)18(22)9-8-16-13-17(14(2)3)12-15(4)19(16)22/h13-15,18H,6-12H2,1-5H3,(H,23,24). The van der Waals surface area contributed by atoms with E-state index in [1.54, 1.807) is 16.7 Å². The Balaban J connectivity index is 2.13. The minimum atomic E-state index is -0.573. The summed E-state index contributed by atoms with van der Waals surface area (Å²) >= 11 is 0. The molecule has 134 valence electrons. The van der Waals surface area contributed by atoms with Crippen molar-refractivity contribution in [1.29, 1.82) is 0 Å². The molecule has 0 aromatic rings. The Labute approximate surface area is 147 Å². The SMILES string of the molecule is CCC12CCCC(C)(C(=O)O)C1CCC1=C2C(C)CC(C(C)C)=C1. The number of carbonyl (C=O) groups is 1. The molecule has 3 aliphatic rings. The van der Waals surface area contributed by atoms with Gasteiger partial charge in [-0.1, -0.05) is 51.3 Å². The number of hydrogen-bond acceptors (Lipinski definition) is 1. The number of carboxylic acid groups (broad SMARTS) is 1. The van der Waals surface area contributed by atoms with Gasteiger partial charge in [0.1, 0.15) is 0 Å². The van der Waals surface area contributed by atoms with Gasteiger partial charge < -0.3 is 5.11 Å². The van der Waals surface area contributed by atoms with Crippen molar-refractivity contribution in [2.24, 2.45) is 28.6 Å². The van der Waals surface area contributed by atoms with E-state index in [9.17, 15) is 9.90 Å². The molecular formula is C22H34O2. The molecule has 0 heterocycles. The first-order chi connectivity index (χ1) is 11.3. The van der Waals surface area contributed by atoms with Gasteiger partial charge in [-0.2, -0.15) is 0 Å². The van der Waals surface area contributed by atoms with Crippen LogP contribution in [0.5, 0.6) is 0 Å². The number of carboxylic acids is 1. The van der Waals surface area contributed by atoms with Gasteiger partial charge in [0.2, 0.25) is 0 Å². The zero-order valence-corrected chi connectivity index (χ0v) is 16.1. The van der Waals surface area contributed by atoms with E-state index in [1.807, 2.05) is 6.92 Å². The molecule has 0 aromatic carbocycles. The van der Waals surface area contributed by atoms with Crippen LogP contribution in [0.3, 0.4) is 0 Å². The summed E-state index contributed by atoms with van der Waals surface area (Å²) < 4.78 is 0. The lowest BCUT2D eigenvalue weighted by Gasteiger charge is -2.57. The van der Waals surface area contributed by atoms with E-state index >= 15 is 0 Å². The van der Waals surface area contributed by atoms with E-state index in [2.05, 4.69) is 33.8 Å². The van der Waals surface area contributed by atoms with Crippen LogP contribution in [0.15, 0.2) is 22.8 Å². The van der Waals surface area contributed by atoms with E-state index in [4.69, 9.17) is 0 Å². The second-order valence-corrected chi connectivity index (χ2v) is 9.10. The highest BCUT2D eigenvalue weighted by molar-refractivity contribution is 5.75. The molecular weight excluding hydrogens is 296 g/mol. The summed E-state index contributed by atoms with van der Waals surface area (Å²) in [6.45, 7) is 11.3. The number of rotatable bonds is 3. The Morgan fingerprint density at radius 3 is 2.67 bits per heavy atom. The van der Waals surface area contributed by atoms with Crippen LogP contribution >= 0.6 is 0 Å². The average molecular weight is 331 g/mol. The van der Waals surface area contributed by atoms with Crippen molar-refractivity contribution in [2.45, 2.75) is 79.6 Å². The van der Waals surface area contributed by atoms with Gasteiger partial charge in [0.05, 0.1) is 5.41 Å². The van der Waals surface area contributed by atoms with Crippen LogP contribution in [-0.4, -0.2) is 11.1 Å². The third-order valence-corrected chi connectivity index (χ3v) is 7.60. The number of aliphatic carboxylic acids is 1.